The van der Waals surface area contributed by atoms with Crippen molar-refractivity contribution in [2.45, 2.75) is 91.0 Å². The summed E-state index contributed by atoms with van der Waals surface area (Å²) in [5, 5.41) is 0. The van der Waals surface area contributed by atoms with Crippen molar-refractivity contribution in [2.24, 2.45) is 40.4 Å². The van der Waals surface area contributed by atoms with Crippen LogP contribution in [0.3, 0.4) is 0 Å². The lowest BCUT2D eigenvalue weighted by Gasteiger charge is -2.61. The zero-order valence-corrected chi connectivity index (χ0v) is 17.0. The first kappa shape index (κ1) is 17.4. The van der Waals surface area contributed by atoms with E-state index in [1.165, 1.54) is 32.1 Å². The molecule has 0 aromatic carbocycles. The average molecular weight is 332 g/mol. The van der Waals surface area contributed by atoms with Gasteiger partial charge in [-0.15, -0.1) is 0 Å². The van der Waals surface area contributed by atoms with Crippen LogP contribution in [-0.2, 0) is 0 Å². The highest BCUT2D eigenvalue weighted by Crippen LogP contribution is 2.67. The van der Waals surface area contributed by atoms with E-state index in [0.29, 0.717) is 10.8 Å². The number of hydrogen-bond donors (Lipinski definition) is 0. The van der Waals surface area contributed by atoms with Gasteiger partial charge in [-0.2, -0.15) is 0 Å². The van der Waals surface area contributed by atoms with Gasteiger partial charge in [0, 0.05) is 6.04 Å². The predicted octanol–water partition coefficient (Wildman–Crippen LogP) is 5.99. The van der Waals surface area contributed by atoms with Gasteiger partial charge in [-0.05, 0) is 113 Å². The highest BCUT2D eigenvalue weighted by atomic mass is 15.1. The summed E-state index contributed by atoms with van der Waals surface area (Å²) in [7, 11) is 4.59. The maximum atomic E-state index is 2.71. The fourth-order valence-corrected chi connectivity index (χ4v) is 8.49. The molecule has 1 nitrogen and oxygen atoms in total. The SMILES string of the molecule is CC([C@H]1CC[C@H]2[C@@H]3CCC4CCCC[C@]4(C)[C@H]3CC[C@]12C)N(C)C. The lowest BCUT2D eigenvalue weighted by atomic mass is 9.44. The lowest BCUT2D eigenvalue weighted by Crippen LogP contribution is -2.54. The molecule has 0 saturated heterocycles. The van der Waals surface area contributed by atoms with Gasteiger partial charge in [0.1, 0.15) is 0 Å². The average Bonchev–Trinajstić information content (AvgIpc) is 2.90. The second kappa shape index (κ2) is 6.00. The summed E-state index contributed by atoms with van der Waals surface area (Å²) >= 11 is 0. The molecule has 0 spiro atoms. The minimum absolute atomic E-state index is 0.628. The topological polar surface area (TPSA) is 3.24 Å². The van der Waals surface area contributed by atoms with E-state index in [1.54, 1.807) is 32.1 Å². The monoisotopic (exact) mass is 331 g/mol. The summed E-state index contributed by atoms with van der Waals surface area (Å²) in [6.07, 6.45) is 15.3. The first-order chi connectivity index (χ1) is 11.4. The summed E-state index contributed by atoms with van der Waals surface area (Å²) < 4.78 is 0. The van der Waals surface area contributed by atoms with Gasteiger partial charge in [0.2, 0.25) is 0 Å². The van der Waals surface area contributed by atoms with Crippen LogP contribution in [0.5, 0.6) is 0 Å². The van der Waals surface area contributed by atoms with Crippen LogP contribution in [-0.4, -0.2) is 25.0 Å². The standard InChI is InChI=1S/C23H41N/c1-16(24(4)5)19-11-12-20-18-10-9-17-8-6-7-14-22(17,2)21(18)13-15-23(19,20)3/h16-21H,6-15H2,1-5H3/t16?,17?,18-,19+,20-,21-,22-,23+/m0/s1. The van der Waals surface area contributed by atoms with Gasteiger partial charge in [0.25, 0.3) is 0 Å². The van der Waals surface area contributed by atoms with E-state index >= 15 is 0 Å². The van der Waals surface area contributed by atoms with Gasteiger partial charge in [-0.1, -0.05) is 26.7 Å². The van der Waals surface area contributed by atoms with Crippen LogP contribution in [0.1, 0.15) is 85.0 Å². The van der Waals surface area contributed by atoms with Crippen molar-refractivity contribution in [1.82, 2.24) is 4.90 Å². The Morgan fingerprint density at radius 3 is 2.29 bits per heavy atom. The molecule has 2 unspecified atom stereocenters. The van der Waals surface area contributed by atoms with Crippen LogP contribution in [0.25, 0.3) is 0 Å². The minimum Gasteiger partial charge on any atom is -0.306 e. The van der Waals surface area contributed by atoms with E-state index in [1.807, 2.05) is 0 Å². The van der Waals surface area contributed by atoms with Crippen LogP contribution in [0.15, 0.2) is 0 Å². The highest BCUT2D eigenvalue weighted by molar-refractivity contribution is 5.09. The fraction of sp³-hybridized carbons (Fsp3) is 1.00. The maximum Gasteiger partial charge on any atom is 0.00944 e. The Balaban J connectivity index is 1.59. The van der Waals surface area contributed by atoms with E-state index in [-0.39, 0.29) is 0 Å². The summed E-state index contributed by atoms with van der Waals surface area (Å²) in [5.41, 5.74) is 1.33. The van der Waals surface area contributed by atoms with Crippen LogP contribution >= 0.6 is 0 Å². The molecule has 0 aliphatic heterocycles. The predicted molar refractivity (Wildman–Crippen MR) is 103 cm³/mol. The van der Waals surface area contributed by atoms with Crippen LogP contribution in [0, 0.1) is 40.4 Å². The normalized spacial score (nSPS) is 52.5. The Labute approximate surface area is 151 Å². The van der Waals surface area contributed by atoms with Gasteiger partial charge in [0.05, 0.1) is 0 Å². The second-order valence-corrected chi connectivity index (χ2v) is 10.8. The Kier molecular flexibility index (Phi) is 4.34. The van der Waals surface area contributed by atoms with Crippen molar-refractivity contribution in [1.29, 1.82) is 0 Å². The smallest absolute Gasteiger partial charge is 0.00944 e. The number of rotatable bonds is 2. The van der Waals surface area contributed by atoms with Crippen molar-refractivity contribution in [3.8, 4) is 0 Å². The molecule has 0 amide bonds. The molecule has 0 heterocycles. The molecule has 0 aromatic rings. The summed E-state index contributed by atoms with van der Waals surface area (Å²) in [6, 6.07) is 0.748. The first-order valence-corrected chi connectivity index (χ1v) is 11.0. The van der Waals surface area contributed by atoms with E-state index < -0.39 is 0 Å². The van der Waals surface area contributed by atoms with Gasteiger partial charge >= 0.3 is 0 Å². The number of nitrogens with zero attached hydrogens (tertiary/aromatic N) is 1. The number of fused-ring (bicyclic) bond motifs is 5. The van der Waals surface area contributed by atoms with Gasteiger partial charge < -0.3 is 4.90 Å². The molecule has 1 heteroatoms. The van der Waals surface area contributed by atoms with Gasteiger partial charge in [-0.25, -0.2) is 0 Å². The largest absolute Gasteiger partial charge is 0.306 e. The zero-order valence-electron chi connectivity index (χ0n) is 17.0. The van der Waals surface area contributed by atoms with Crippen molar-refractivity contribution < 1.29 is 0 Å². The zero-order chi connectivity index (χ0) is 17.1. The summed E-state index contributed by atoms with van der Waals surface area (Å²) in [4.78, 5) is 2.49. The van der Waals surface area contributed by atoms with Gasteiger partial charge in [0.15, 0.2) is 0 Å². The second-order valence-electron chi connectivity index (χ2n) is 10.8. The molecule has 4 saturated carbocycles. The molecule has 0 bridgehead atoms. The Morgan fingerprint density at radius 1 is 0.792 bits per heavy atom. The quantitative estimate of drug-likeness (QED) is 0.601. The van der Waals surface area contributed by atoms with Crippen LogP contribution < -0.4 is 0 Å². The summed E-state index contributed by atoms with van der Waals surface area (Å²) in [5.74, 6) is 5.14. The molecular weight excluding hydrogens is 290 g/mol. The Hall–Kier alpha value is -0.0400. The molecule has 8 atom stereocenters. The molecule has 24 heavy (non-hydrogen) atoms. The minimum atomic E-state index is 0.628. The fourth-order valence-electron chi connectivity index (χ4n) is 8.49. The van der Waals surface area contributed by atoms with E-state index in [0.717, 1.165) is 35.6 Å². The highest BCUT2D eigenvalue weighted by Gasteiger charge is 2.60. The van der Waals surface area contributed by atoms with Crippen LogP contribution in [0.4, 0.5) is 0 Å². The van der Waals surface area contributed by atoms with E-state index in [4.69, 9.17) is 0 Å². The third kappa shape index (κ3) is 2.36. The molecular formula is C23H41N. The maximum absolute atomic E-state index is 2.71. The molecule has 0 radical (unpaired) electrons. The first-order valence-electron chi connectivity index (χ1n) is 11.0. The lowest BCUT2D eigenvalue weighted by molar-refractivity contribution is -0.114. The molecule has 4 aliphatic carbocycles. The third-order valence-corrected chi connectivity index (χ3v) is 10.1. The van der Waals surface area contributed by atoms with Gasteiger partial charge in [-0.3, -0.25) is 0 Å². The Morgan fingerprint density at radius 2 is 1.54 bits per heavy atom. The summed E-state index contributed by atoms with van der Waals surface area (Å²) in [6.45, 7) is 7.90. The van der Waals surface area contributed by atoms with Crippen molar-refractivity contribution >= 4 is 0 Å². The molecule has 0 aromatic heterocycles. The molecule has 4 fully saturated rings. The molecule has 4 aliphatic rings. The molecule has 0 N–H and O–H groups in total. The Bertz CT molecular complexity index is 471. The van der Waals surface area contributed by atoms with E-state index in [2.05, 4.69) is 39.8 Å². The van der Waals surface area contributed by atoms with E-state index in [9.17, 15) is 0 Å². The number of hydrogen-bond acceptors (Lipinski definition) is 1. The third-order valence-electron chi connectivity index (χ3n) is 10.1. The van der Waals surface area contributed by atoms with Crippen molar-refractivity contribution in [3.05, 3.63) is 0 Å². The molecule has 138 valence electrons. The van der Waals surface area contributed by atoms with Crippen LogP contribution in [0.2, 0.25) is 0 Å². The van der Waals surface area contributed by atoms with Crippen molar-refractivity contribution in [3.63, 3.8) is 0 Å². The molecule has 4 rings (SSSR count). The van der Waals surface area contributed by atoms with Crippen molar-refractivity contribution in [2.75, 3.05) is 14.1 Å².